The number of carbonyl (C=O) groups excluding carboxylic acids is 3. The second-order valence-electron chi connectivity index (χ2n) is 12.9. The van der Waals surface area contributed by atoms with Crippen LogP contribution in [0.3, 0.4) is 0 Å². The second kappa shape index (κ2) is 43.8. The van der Waals surface area contributed by atoms with E-state index in [9.17, 15) is 14.4 Å². The molecule has 0 aliphatic rings. The highest BCUT2D eigenvalue weighted by Gasteiger charge is 2.19. The van der Waals surface area contributed by atoms with Crippen LogP contribution in [0.25, 0.3) is 0 Å². The smallest absolute Gasteiger partial charge is 0.309 e. The molecule has 0 radical (unpaired) electrons. The number of carbonyl (C=O) groups is 3. The van der Waals surface area contributed by atoms with E-state index in [1.807, 2.05) is 66.8 Å². The molecule has 0 amide bonds. The molecule has 0 rings (SSSR count). The van der Waals surface area contributed by atoms with Crippen LogP contribution in [-0.4, -0.2) is 37.2 Å². The highest BCUT2D eigenvalue weighted by Crippen LogP contribution is 2.07. The highest BCUT2D eigenvalue weighted by atomic mass is 16.6. The van der Waals surface area contributed by atoms with Gasteiger partial charge in [0, 0.05) is 12.8 Å². The van der Waals surface area contributed by atoms with Crippen molar-refractivity contribution in [2.75, 3.05) is 13.2 Å². The third-order valence-electron chi connectivity index (χ3n) is 7.67. The Morgan fingerprint density at radius 1 is 0.386 bits per heavy atom. The minimum absolute atomic E-state index is 0.101. The molecule has 0 aliphatic carbocycles. The number of hydrogen-bond donors (Lipinski definition) is 0. The van der Waals surface area contributed by atoms with E-state index in [4.69, 9.17) is 14.2 Å². The van der Waals surface area contributed by atoms with E-state index >= 15 is 0 Å². The van der Waals surface area contributed by atoms with E-state index in [0.29, 0.717) is 19.3 Å². The largest absolute Gasteiger partial charge is 0.462 e. The molecule has 57 heavy (non-hydrogen) atoms. The van der Waals surface area contributed by atoms with Gasteiger partial charge in [0.05, 0.1) is 6.42 Å². The standard InChI is InChI=1S/C51H72O6/c1-4-7-10-13-16-19-21-23-24-25-26-28-29-32-35-38-41-44-50(53)56-47-48(46-55-49(52)43-40-37-34-31-18-15-12-9-6-3)57-51(54)45-42-39-36-33-30-27-22-20-17-14-11-8-5-2/h7-12,14,16-20,22-24,26-28,30-33,35-37,40,48H,4-6,13,15,21,25,29,34,38-39,41-47H2,1-3H3/b10-7-,11-8-,12-9-,17-14-,19-16-,22-20-,24-23-,28-26-,30-27-,31-18-,35-32-,36-33-,40-37-. The van der Waals surface area contributed by atoms with Crippen LogP contribution in [0.15, 0.2) is 158 Å². The van der Waals surface area contributed by atoms with Gasteiger partial charge in [0.25, 0.3) is 0 Å². The fourth-order valence-electron chi connectivity index (χ4n) is 4.62. The van der Waals surface area contributed by atoms with E-state index in [1.165, 1.54) is 0 Å². The van der Waals surface area contributed by atoms with Crippen molar-refractivity contribution in [3.63, 3.8) is 0 Å². The predicted molar refractivity (Wildman–Crippen MR) is 242 cm³/mol. The molecule has 0 aromatic carbocycles. The number of ether oxygens (including phenoxy) is 3. The highest BCUT2D eigenvalue weighted by molar-refractivity contribution is 5.72. The van der Waals surface area contributed by atoms with Crippen LogP contribution in [0.5, 0.6) is 0 Å². The average Bonchev–Trinajstić information content (AvgIpc) is 3.21. The number of allylic oxidation sites excluding steroid dienone is 25. The Kier molecular flexibility index (Phi) is 39.9. The Labute approximate surface area is 346 Å². The van der Waals surface area contributed by atoms with Crippen molar-refractivity contribution < 1.29 is 28.6 Å². The van der Waals surface area contributed by atoms with Gasteiger partial charge in [0.2, 0.25) is 0 Å². The summed E-state index contributed by atoms with van der Waals surface area (Å²) in [6, 6.07) is 0. The number of hydrogen-bond acceptors (Lipinski definition) is 6. The summed E-state index contributed by atoms with van der Waals surface area (Å²) in [6.45, 7) is 5.98. The van der Waals surface area contributed by atoms with E-state index < -0.39 is 18.0 Å². The third kappa shape index (κ3) is 42.0. The van der Waals surface area contributed by atoms with Crippen molar-refractivity contribution >= 4 is 17.9 Å². The Balaban J connectivity index is 4.69. The molecule has 0 N–H and O–H groups in total. The van der Waals surface area contributed by atoms with Gasteiger partial charge in [-0.2, -0.15) is 0 Å². The lowest BCUT2D eigenvalue weighted by Gasteiger charge is -2.18. The van der Waals surface area contributed by atoms with Gasteiger partial charge in [0.1, 0.15) is 13.2 Å². The zero-order chi connectivity index (χ0) is 41.5. The van der Waals surface area contributed by atoms with Crippen LogP contribution < -0.4 is 0 Å². The summed E-state index contributed by atoms with van der Waals surface area (Å²) >= 11 is 0. The summed E-state index contributed by atoms with van der Waals surface area (Å²) in [5, 5.41) is 0. The van der Waals surface area contributed by atoms with Gasteiger partial charge in [-0.15, -0.1) is 0 Å². The average molecular weight is 781 g/mol. The van der Waals surface area contributed by atoms with E-state index in [0.717, 1.165) is 64.2 Å². The first kappa shape index (κ1) is 52.0. The lowest BCUT2D eigenvalue weighted by molar-refractivity contribution is -0.166. The summed E-state index contributed by atoms with van der Waals surface area (Å²) in [4.78, 5) is 37.5. The minimum atomic E-state index is -0.878. The fraction of sp³-hybridized carbons (Fsp3) is 0.431. The van der Waals surface area contributed by atoms with Gasteiger partial charge in [-0.25, -0.2) is 0 Å². The third-order valence-corrected chi connectivity index (χ3v) is 7.67. The first-order valence-corrected chi connectivity index (χ1v) is 21.1. The molecule has 0 saturated carbocycles. The van der Waals surface area contributed by atoms with Crippen LogP contribution in [0.2, 0.25) is 0 Å². The van der Waals surface area contributed by atoms with Crippen molar-refractivity contribution in [3.05, 3.63) is 158 Å². The number of unbranched alkanes of at least 4 members (excludes halogenated alkanes) is 2. The summed E-state index contributed by atoms with van der Waals surface area (Å²) < 4.78 is 16.4. The Hall–Kier alpha value is -4.97. The van der Waals surface area contributed by atoms with Crippen LogP contribution in [0.1, 0.15) is 124 Å². The molecule has 0 aliphatic heterocycles. The molecule has 0 heterocycles. The van der Waals surface area contributed by atoms with Gasteiger partial charge >= 0.3 is 17.9 Å². The zero-order valence-electron chi connectivity index (χ0n) is 35.3. The second-order valence-corrected chi connectivity index (χ2v) is 12.9. The molecule has 0 fully saturated rings. The van der Waals surface area contributed by atoms with Crippen LogP contribution >= 0.6 is 0 Å². The molecule has 6 heteroatoms. The van der Waals surface area contributed by atoms with Crippen molar-refractivity contribution in [1.82, 2.24) is 0 Å². The molecule has 6 nitrogen and oxygen atoms in total. The van der Waals surface area contributed by atoms with Crippen molar-refractivity contribution in [2.45, 2.75) is 130 Å². The Morgan fingerprint density at radius 2 is 0.754 bits per heavy atom. The maximum absolute atomic E-state index is 12.6. The molecular weight excluding hydrogens is 709 g/mol. The maximum atomic E-state index is 12.6. The zero-order valence-corrected chi connectivity index (χ0v) is 35.3. The fourth-order valence-corrected chi connectivity index (χ4v) is 4.62. The van der Waals surface area contributed by atoms with Crippen molar-refractivity contribution in [2.24, 2.45) is 0 Å². The summed E-state index contributed by atoms with van der Waals surface area (Å²) in [5.74, 6) is -1.25. The quantitative estimate of drug-likeness (QED) is 0.0213. The SMILES string of the molecule is CC\C=C/C=C\C=C/C=C\C=C/CCCC(=O)OC(COC(=O)C/C=C\C/C=C\C/C=C\CC)COC(=O)CCC/C=C\C/C=C\C/C=C\C/C=C\C/C=C\CC. The van der Waals surface area contributed by atoms with Gasteiger partial charge in [0.15, 0.2) is 6.10 Å². The van der Waals surface area contributed by atoms with Crippen LogP contribution in [-0.2, 0) is 28.6 Å². The predicted octanol–water partition coefficient (Wildman–Crippen LogP) is 13.5. The first-order chi connectivity index (χ1) is 28.0. The molecule has 0 aromatic heterocycles. The van der Waals surface area contributed by atoms with Crippen molar-refractivity contribution in [1.29, 1.82) is 0 Å². The Bertz CT molecular complexity index is 1410. The molecule has 0 bridgehead atoms. The van der Waals surface area contributed by atoms with Crippen LogP contribution in [0.4, 0.5) is 0 Å². The number of rotatable bonds is 34. The Morgan fingerprint density at radius 3 is 1.25 bits per heavy atom. The molecule has 312 valence electrons. The molecule has 0 spiro atoms. The van der Waals surface area contributed by atoms with Gasteiger partial charge in [-0.3, -0.25) is 14.4 Å². The number of esters is 3. The monoisotopic (exact) mass is 781 g/mol. The lowest BCUT2D eigenvalue weighted by atomic mass is 10.2. The summed E-state index contributed by atoms with van der Waals surface area (Å²) in [5.41, 5.74) is 0. The van der Waals surface area contributed by atoms with Gasteiger partial charge in [-0.05, 0) is 83.5 Å². The van der Waals surface area contributed by atoms with Crippen LogP contribution in [0, 0.1) is 0 Å². The molecule has 0 saturated heterocycles. The topological polar surface area (TPSA) is 78.9 Å². The lowest BCUT2D eigenvalue weighted by Crippen LogP contribution is -2.30. The maximum Gasteiger partial charge on any atom is 0.309 e. The first-order valence-electron chi connectivity index (χ1n) is 21.1. The van der Waals surface area contributed by atoms with Gasteiger partial charge in [-0.1, -0.05) is 179 Å². The van der Waals surface area contributed by atoms with Gasteiger partial charge < -0.3 is 14.2 Å². The van der Waals surface area contributed by atoms with Crippen molar-refractivity contribution in [3.8, 4) is 0 Å². The minimum Gasteiger partial charge on any atom is -0.462 e. The summed E-state index contributed by atoms with van der Waals surface area (Å²) in [6.07, 6.45) is 64.2. The summed E-state index contributed by atoms with van der Waals surface area (Å²) in [7, 11) is 0. The van der Waals surface area contributed by atoms with E-state index in [2.05, 4.69) is 106 Å². The molecule has 1 unspecified atom stereocenters. The van der Waals surface area contributed by atoms with E-state index in [1.54, 1.807) is 6.08 Å². The molecule has 0 aromatic rings. The molecule has 1 atom stereocenters. The molecular formula is C51H72O6. The normalized spacial score (nSPS) is 13.7. The van der Waals surface area contributed by atoms with E-state index in [-0.39, 0.29) is 38.4 Å².